The fourth-order valence-corrected chi connectivity index (χ4v) is 0.999. The summed E-state index contributed by atoms with van der Waals surface area (Å²) < 4.78 is 10.3. The van der Waals surface area contributed by atoms with Crippen LogP contribution < -0.4 is 5.32 Å². The Hall–Kier alpha value is -0.650. The smallest absolute Gasteiger partial charge is 0.323 e. The van der Waals surface area contributed by atoms with Crippen molar-refractivity contribution in [3.05, 3.63) is 0 Å². The zero-order valence-corrected chi connectivity index (χ0v) is 9.49. The molecule has 2 N–H and O–H groups in total. The van der Waals surface area contributed by atoms with Crippen molar-refractivity contribution in [3.8, 4) is 0 Å². The first-order valence-corrected chi connectivity index (χ1v) is 5.34. The minimum absolute atomic E-state index is 0.183. The van der Waals surface area contributed by atoms with Crippen LogP contribution in [0.15, 0.2) is 0 Å². The molecule has 0 saturated heterocycles. The van der Waals surface area contributed by atoms with Crippen LogP contribution in [0.25, 0.3) is 0 Å². The summed E-state index contributed by atoms with van der Waals surface area (Å²) in [7, 11) is 0. The second kappa shape index (κ2) is 9.89. The average molecular weight is 219 g/mol. The van der Waals surface area contributed by atoms with Crippen molar-refractivity contribution in [1.29, 1.82) is 0 Å². The molecule has 0 bridgehead atoms. The van der Waals surface area contributed by atoms with Gasteiger partial charge in [-0.3, -0.25) is 4.79 Å². The van der Waals surface area contributed by atoms with E-state index in [1.165, 1.54) is 0 Å². The van der Waals surface area contributed by atoms with Crippen LogP contribution in [-0.4, -0.2) is 50.1 Å². The van der Waals surface area contributed by atoms with Gasteiger partial charge in [-0.25, -0.2) is 0 Å². The number of rotatable bonds is 10. The van der Waals surface area contributed by atoms with Crippen molar-refractivity contribution in [2.24, 2.45) is 0 Å². The molecular formula is C10H21NO4. The van der Waals surface area contributed by atoms with Gasteiger partial charge in [-0.1, -0.05) is 6.92 Å². The largest absolute Gasteiger partial charge is 0.480 e. The first kappa shape index (κ1) is 14.3. The maximum absolute atomic E-state index is 10.8. The van der Waals surface area contributed by atoms with Crippen LogP contribution in [0.4, 0.5) is 0 Å². The fraction of sp³-hybridized carbons (Fsp3) is 0.900. The van der Waals surface area contributed by atoms with Crippen LogP contribution in [0.2, 0.25) is 0 Å². The van der Waals surface area contributed by atoms with Gasteiger partial charge in [0.15, 0.2) is 0 Å². The molecule has 0 radical (unpaired) electrons. The summed E-state index contributed by atoms with van der Waals surface area (Å²) in [5.74, 6) is -0.875. The molecule has 0 spiro atoms. The topological polar surface area (TPSA) is 67.8 Å². The Kier molecular flexibility index (Phi) is 9.46. The number of carbonyl (C=O) groups is 1. The van der Waals surface area contributed by atoms with E-state index in [2.05, 4.69) is 5.32 Å². The number of hydrogen-bond acceptors (Lipinski definition) is 4. The van der Waals surface area contributed by atoms with E-state index in [-0.39, 0.29) is 6.61 Å². The van der Waals surface area contributed by atoms with Crippen molar-refractivity contribution < 1.29 is 19.4 Å². The average Bonchev–Trinajstić information content (AvgIpc) is 2.21. The van der Waals surface area contributed by atoms with Gasteiger partial charge in [0.05, 0.1) is 19.8 Å². The van der Waals surface area contributed by atoms with Crippen LogP contribution in [0.3, 0.4) is 0 Å². The van der Waals surface area contributed by atoms with Crippen LogP contribution in [-0.2, 0) is 14.3 Å². The first-order chi connectivity index (χ1) is 7.22. The van der Waals surface area contributed by atoms with Gasteiger partial charge in [0.1, 0.15) is 6.04 Å². The van der Waals surface area contributed by atoms with E-state index in [0.29, 0.717) is 26.4 Å². The van der Waals surface area contributed by atoms with Crippen LogP contribution in [0.5, 0.6) is 0 Å². The number of aliphatic carboxylic acids is 1. The summed E-state index contributed by atoms with van der Waals surface area (Å²) in [6.45, 7) is 6.36. The van der Waals surface area contributed by atoms with Crippen molar-refractivity contribution >= 4 is 5.97 Å². The molecule has 0 rings (SSSR count). The predicted octanol–water partition coefficient (Wildman–Crippen LogP) is 0.492. The molecule has 0 amide bonds. The van der Waals surface area contributed by atoms with Crippen LogP contribution in [0.1, 0.15) is 20.3 Å². The number of ether oxygens (including phenoxy) is 2. The van der Waals surface area contributed by atoms with Crippen molar-refractivity contribution in [3.63, 3.8) is 0 Å². The summed E-state index contributed by atoms with van der Waals surface area (Å²) in [6, 6.07) is -0.619. The van der Waals surface area contributed by atoms with Crippen molar-refractivity contribution in [2.45, 2.75) is 26.3 Å². The molecular weight excluding hydrogens is 198 g/mol. The van der Waals surface area contributed by atoms with E-state index in [4.69, 9.17) is 14.6 Å². The lowest BCUT2D eigenvalue weighted by Crippen LogP contribution is -2.41. The zero-order chi connectivity index (χ0) is 11.5. The van der Waals surface area contributed by atoms with Crippen LogP contribution >= 0.6 is 0 Å². The summed E-state index contributed by atoms with van der Waals surface area (Å²) in [5, 5.41) is 11.7. The predicted molar refractivity (Wildman–Crippen MR) is 57.0 cm³/mol. The second-order valence-corrected chi connectivity index (χ2v) is 3.12. The molecule has 0 aromatic rings. The maximum Gasteiger partial charge on any atom is 0.323 e. The number of hydrogen-bond donors (Lipinski definition) is 2. The van der Waals surface area contributed by atoms with E-state index in [9.17, 15) is 4.79 Å². The molecule has 0 fully saturated rings. The first-order valence-electron chi connectivity index (χ1n) is 5.34. The van der Waals surface area contributed by atoms with Gasteiger partial charge in [0.25, 0.3) is 0 Å². The Bertz CT molecular complexity index is 164. The lowest BCUT2D eigenvalue weighted by atomic mass is 10.3. The molecule has 5 heteroatoms. The highest BCUT2D eigenvalue weighted by molar-refractivity contribution is 5.73. The summed E-state index contributed by atoms with van der Waals surface area (Å²) in [5.41, 5.74) is 0. The molecule has 5 nitrogen and oxygen atoms in total. The van der Waals surface area contributed by atoms with E-state index < -0.39 is 12.0 Å². The highest BCUT2D eigenvalue weighted by atomic mass is 16.5. The maximum atomic E-state index is 10.8. The number of carboxylic acid groups (broad SMARTS) is 1. The third kappa shape index (κ3) is 8.35. The zero-order valence-electron chi connectivity index (χ0n) is 9.49. The van der Waals surface area contributed by atoms with Gasteiger partial charge in [-0.15, -0.1) is 0 Å². The molecule has 1 atom stereocenters. The minimum atomic E-state index is -0.875. The lowest BCUT2D eigenvalue weighted by Gasteiger charge is -2.13. The summed E-state index contributed by atoms with van der Waals surface area (Å²) in [4.78, 5) is 10.8. The van der Waals surface area contributed by atoms with Crippen LogP contribution in [0, 0.1) is 0 Å². The normalized spacial score (nSPS) is 12.7. The quantitative estimate of drug-likeness (QED) is 0.523. The van der Waals surface area contributed by atoms with Crippen molar-refractivity contribution in [1.82, 2.24) is 5.32 Å². The summed E-state index contributed by atoms with van der Waals surface area (Å²) in [6.07, 6.45) is 0.905. The molecule has 1 unspecified atom stereocenters. The van der Waals surface area contributed by atoms with Gasteiger partial charge in [0.2, 0.25) is 0 Å². The SMILES string of the molecule is CCCNC(COCCOCC)C(=O)O. The van der Waals surface area contributed by atoms with Gasteiger partial charge >= 0.3 is 5.97 Å². The summed E-state index contributed by atoms with van der Waals surface area (Å²) >= 11 is 0. The molecule has 0 saturated carbocycles. The molecule has 15 heavy (non-hydrogen) atoms. The molecule has 0 aromatic carbocycles. The minimum Gasteiger partial charge on any atom is -0.480 e. The number of nitrogens with one attached hydrogen (secondary N) is 1. The van der Waals surface area contributed by atoms with Gasteiger partial charge in [-0.2, -0.15) is 0 Å². The Morgan fingerprint density at radius 2 is 2.00 bits per heavy atom. The molecule has 0 aliphatic carbocycles. The molecule has 0 aromatic heterocycles. The van der Waals surface area contributed by atoms with Gasteiger partial charge in [-0.05, 0) is 19.9 Å². The third-order valence-electron chi connectivity index (χ3n) is 1.80. The van der Waals surface area contributed by atoms with E-state index in [1.54, 1.807) is 0 Å². The highest BCUT2D eigenvalue weighted by Gasteiger charge is 2.15. The fourth-order valence-electron chi connectivity index (χ4n) is 0.999. The Morgan fingerprint density at radius 3 is 2.53 bits per heavy atom. The standard InChI is InChI=1S/C10H21NO4/c1-3-5-11-9(10(12)13)8-15-7-6-14-4-2/h9,11H,3-8H2,1-2H3,(H,12,13). The lowest BCUT2D eigenvalue weighted by molar-refractivity contribution is -0.141. The van der Waals surface area contributed by atoms with E-state index in [0.717, 1.165) is 6.42 Å². The number of carboxylic acids is 1. The molecule has 90 valence electrons. The highest BCUT2D eigenvalue weighted by Crippen LogP contribution is 1.88. The molecule has 0 heterocycles. The Balaban J connectivity index is 3.53. The van der Waals surface area contributed by atoms with Gasteiger partial charge in [0, 0.05) is 6.61 Å². The second-order valence-electron chi connectivity index (χ2n) is 3.12. The van der Waals surface area contributed by atoms with Crippen molar-refractivity contribution in [2.75, 3.05) is 33.0 Å². The third-order valence-corrected chi connectivity index (χ3v) is 1.80. The Labute approximate surface area is 90.8 Å². The Morgan fingerprint density at radius 1 is 1.33 bits per heavy atom. The van der Waals surface area contributed by atoms with E-state index in [1.807, 2.05) is 13.8 Å². The molecule has 0 aliphatic rings. The van der Waals surface area contributed by atoms with E-state index >= 15 is 0 Å². The monoisotopic (exact) mass is 219 g/mol. The van der Waals surface area contributed by atoms with Gasteiger partial charge < -0.3 is 19.9 Å². The molecule has 0 aliphatic heterocycles.